The molecule has 0 radical (unpaired) electrons. The van der Waals surface area contributed by atoms with E-state index < -0.39 is 12.6 Å². The van der Waals surface area contributed by atoms with Crippen molar-refractivity contribution in [2.24, 2.45) is 4.99 Å². The van der Waals surface area contributed by atoms with Crippen molar-refractivity contribution in [2.45, 2.75) is 6.92 Å². The van der Waals surface area contributed by atoms with E-state index >= 15 is 0 Å². The number of nitrogens with zero attached hydrogens (tertiary/aromatic N) is 2. The smallest absolute Gasteiger partial charge is 0.341 e. The molecule has 3 rings (SSSR count). The zero-order valence-corrected chi connectivity index (χ0v) is 17.9. The molecule has 1 amide bonds. The van der Waals surface area contributed by atoms with Gasteiger partial charge in [-0.3, -0.25) is 4.79 Å². The second-order valence-corrected chi connectivity index (χ2v) is 7.61. The lowest BCUT2D eigenvalue weighted by Gasteiger charge is -2.17. The van der Waals surface area contributed by atoms with Gasteiger partial charge in [-0.1, -0.05) is 17.7 Å². The number of benzene rings is 2. The van der Waals surface area contributed by atoms with E-state index in [0.717, 1.165) is 5.69 Å². The number of amidine groups is 1. The molecular weight excluding hydrogens is 428 g/mol. The summed E-state index contributed by atoms with van der Waals surface area (Å²) < 4.78 is 10.8. The summed E-state index contributed by atoms with van der Waals surface area (Å²) in [7, 11) is 1.83. The number of hydrogen-bond donors (Lipinski definition) is 1. The average molecular weight is 447 g/mol. The van der Waals surface area contributed by atoms with Gasteiger partial charge < -0.3 is 19.5 Å². The molecule has 0 spiro atoms. The zero-order chi connectivity index (χ0) is 21.7. The molecule has 0 aromatic heterocycles. The molecule has 156 valence electrons. The van der Waals surface area contributed by atoms with Crippen molar-refractivity contribution in [3.63, 3.8) is 0 Å². The highest BCUT2D eigenvalue weighted by atomic mass is 35.5. The van der Waals surface area contributed by atoms with Crippen molar-refractivity contribution in [3.8, 4) is 11.5 Å². The van der Waals surface area contributed by atoms with Gasteiger partial charge in [0.2, 0.25) is 0 Å². The lowest BCUT2D eigenvalue weighted by Crippen LogP contribution is -2.21. The van der Waals surface area contributed by atoms with Crippen LogP contribution in [-0.4, -0.2) is 42.4 Å². The summed E-state index contributed by atoms with van der Waals surface area (Å²) >= 11 is 7.19. The number of thioether (sulfide) groups is 1. The minimum absolute atomic E-state index is 0.325. The first-order chi connectivity index (χ1) is 14.4. The highest BCUT2D eigenvalue weighted by Gasteiger charge is 2.25. The van der Waals surface area contributed by atoms with Crippen LogP contribution in [0.25, 0.3) is 6.08 Å². The Labute approximate surface area is 183 Å². The van der Waals surface area contributed by atoms with Gasteiger partial charge in [0.25, 0.3) is 5.91 Å². The molecule has 0 aliphatic carbocycles. The highest BCUT2D eigenvalue weighted by molar-refractivity contribution is 8.18. The van der Waals surface area contributed by atoms with E-state index in [4.69, 9.17) is 26.2 Å². The predicted octanol–water partition coefficient (Wildman–Crippen LogP) is 4.31. The average Bonchev–Trinajstić information content (AvgIpc) is 3.08. The van der Waals surface area contributed by atoms with E-state index in [1.54, 1.807) is 36.4 Å². The second-order valence-electron chi connectivity index (χ2n) is 6.17. The third kappa shape index (κ3) is 5.34. The first kappa shape index (κ1) is 21.7. The number of amides is 1. The monoisotopic (exact) mass is 446 g/mol. The second kappa shape index (κ2) is 9.69. The van der Waals surface area contributed by atoms with Gasteiger partial charge in [-0.15, -0.1) is 0 Å². The number of halogens is 1. The van der Waals surface area contributed by atoms with Crippen molar-refractivity contribution in [1.82, 2.24) is 0 Å². The molecule has 1 N–H and O–H groups in total. The minimum Gasteiger partial charge on any atom is -0.490 e. The van der Waals surface area contributed by atoms with Gasteiger partial charge in [0.15, 0.2) is 23.3 Å². The van der Waals surface area contributed by atoms with Crippen LogP contribution >= 0.6 is 23.4 Å². The third-order valence-electron chi connectivity index (χ3n) is 4.03. The Kier molecular flexibility index (Phi) is 7.02. The summed E-state index contributed by atoms with van der Waals surface area (Å²) in [5, 5.41) is 9.98. The number of aliphatic imine (C=N–C) groups is 1. The SMILES string of the molecule is CCOc1cc(/C=C2\SC(N(C)c3ccc(Cl)cc3)=NC2=O)ccc1OCC(=O)O. The quantitative estimate of drug-likeness (QED) is 0.634. The summed E-state index contributed by atoms with van der Waals surface area (Å²) in [6.07, 6.45) is 1.71. The summed E-state index contributed by atoms with van der Waals surface area (Å²) in [5.41, 5.74) is 1.57. The number of aliphatic carboxylic acids is 1. The van der Waals surface area contributed by atoms with Gasteiger partial charge in [-0.05, 0) is 66.7 Å². The van der Waals surface area contributed by atoms with Crippen molar-refractivity contribution >= 4 is 52.2 Å². The molecule has 9 heteroatoms. The van der Waals surface area contributed by atoms with Crippen molar-refractivity contribution < 1.29 is 24.2 Å². The molecule has 0 fully saturated rings. The van der Waals surface area contributed by atoms with Crippen LogP contribution < -0.4 is 14.4 Å². The van der Waals surface area contributed by atoms with Crippen molar-refractivity contribution in [2.75, 3.05) is 25.2 Å². The number of rotatable bonds is 7. The minimum atomic E-state index is -1.08. The first-order valence-corrected chi connectivity index (χ1v) is 10.2. The Morgan fingerprint density at radius 3 is 2.60 bits per heavy atom. The molecule has 1 heterocycles. The number of carboxylic acid groups (broad SMARTS) is 1. The number of carbonyl (C=O) groups excluding carboxylic acids is 1. The van der Waals surface area contributed by atoms with E-state index in [1.807, 2.05) is 31.0 Å². The molecule has 1 aliphatic rings. The van der Waals surface area contributed by atoms with E-state index in [1.165, 1.54) is 11.8 Å². The fourth-order valence-electron chi connectivity index (χ4n) is 2.61. The summed E-state index contributed by atoms with van der Waals surface area (Å²) in [5.74, 6) is -0.680. The molecule has 0 bridgehead atoms. The molecular formula is C21H19ClN2O5S. The van der Waals surface area contributed by atoms with E-state index in [2.05, 4.69) is 4.99 Å². The van der Waals surface area contributed by atoms with Crippen molar-refractivity contribution in [3.05, 3.63) is 58.0 Å². The van der Waals surface area contributed by atoms with Crippen LogP contribution in [-0.2, 0) is 9.59 Å². The number of hydrogen-bond acceptors (Lipinski definition) is 6. The summed E-state index contributed by atoms with van der Waals surface area (Å²) in [6.45, 7) is 1.73. The largest absolute Gasteiger partial charge is 0.490 e. The summed E-state index contributed by atoms with van der Waals surface area (Å²) in [6, 6.07) is 12.3. The lowest BCUT2D eigenvalue weighted by atomic mass is 10.2. The van der Waals surface area contributed by atoms with Crippen LogP contribution in [0.2, 0.25) is 5.02 Å². The summed E-state index contributed by atoms with van der Waals surface area (Å²) in [4.78, 5) is 29.5. The Balaban J connectivity index is 1.78. The Hall–Kier alpha value is -2.97. The first-order valence-electron chi connectivity index (χ1n) is 9.00. The van der Waals surface area contributed by atoms with Crippen LogP contribution in [0, 0.1) is 0 Å². The maximum absolute atomic E-state index is 12.4. The fourth-order valence-corrected chi connectivity index (χ4v) is 3.63. The van der Waals surface area contributed by atoms with E-state index in [0.29, 0.717) is 38.8 Å². The maximum atomic E-state index is 12.4. The molecule has 1 aliphatic heterocycles. The van der Waals surface area contributed by atoms with Crippen LogP contribution in [0.4, 0.5) is 5.69 Å². The fraction of sp³-hybridized carbons (Fsp3) is 0.190. The number of carboxylic acids is 1. The Morgan fingerprint density at radius 1 is 1.20 bits per heavy atom. The van der Waals surface area contributed by atoms with E-state index in [9.17, 15) is 9.59 Å². The van der Waals surface area contributed by atoms with Crippen LogP contribution in [0.15, 0.2) is 52.4 Å². The standard InChI is InChI=1S/C21H19ClN2O5S/c1-3-28-17-10-13(4-9-16(17)29-12-19(25)26)11-18-20(27)23-21(30-18)24(2)15-7-5-14(22)6-8-15/h4-11H,3,12H2,1-2H3,(H,25,26)/b18-11-. The molecule has 0 saturated heterocycles. The van der Waals surface area contributed by atoms with Gasteiger partial charge in [-0.25, -0.2) is 4.79 Å². The lowest BCUT2D eigenvalue weighted by molar-refractivity contribution is -0.139. The number of carbonyl (C=O) groups is 2. The maximum Gasteiger partial charge on any atom is 0.341 e. The number of ether oxygens (including phenoxy) is 2. The van der Waals surface area contributed by atoms with Crippen molar-refractivity contribution in [1.29, 1.82) is 0 Å². The van der Waals surface area contributed by atoms with Gasteiger partial charge in [0.05, 0.1) is 11.5 Å². The van der Waals surface area contributed by atoms with Crippen LogP contribution in [0.3, 0.4) is 0 Å². The number of anilines is 1. The van der Waals surface area contributed by atoms with Crippen LogP contribution in [0.1, 0.15) is 12.5 Å². The van der Waals surface area contributed by atoms with Gasteiger partial charge >= 0.3 is 5.97 Å². The molecule has 0 saturated carbocycles. The molecule has 30 heavy (non-hydrogen) atoms. The zero-order valence-electron chi connectivity index (χ0n) is 16.3. The van der Waals surface area contributed by atoms with E-state index in [-0.39, 0.29) is 5.91 Å². The molecule has 2 aromatic carbocycles. The Morgan fingerprint density at radius 2 is 1.93 bits per heavy atom. The predicted molar refractivity (Wildman–Crippen MR) is 119 cm³/mol. The van der Waals surface area contributed by atoms with Gasteiger partial charge in [0.1, 0.15) is 0 Å². The highest BCUT2D eigenvalue weighted by Crippen LogP contribution is 2.34. The van der Waals surface area contributed by atoms with Gasteiger partial charge in [-0.2, -0.15) is 4.99 Å². The molecule has 2 aromatic rings. The Bertz CT molecular complexity index is 1020. The molecule has 7 nitrogen and oxygen atoms in total. The topological polar surface area (TPSA) is 88.4 Å². The third-order valence-corrected chi connectivity index (χ3v) is 5.34. The molecule has 0 unspecified atom stereocenters. The van der Waals surface area contributed by atoms with Crippen LogP contribution in [0.5, 0.6) is 11.5 Å². The molecule has 0 atom stereocenters. The van der Waals surface area contributed by atoms with Gasteiger partial charge in [0, 0.05) is 17.8 Å². The normalized spacial score (nSPS) is 14.6.